The molecule has 2 aliphatic heterocycles. The number of carbonyl (C=O) groups excluding carboxylic acids is 2. The van der Waals surface area contributed by atoms with E-state index in [4.69, 9.17) is 0 Å². The molecule has 2 amide bonds. The molecule has 0 bridgehead atoms. The first-order chi connectivity index (χ1) is 16.0. The first kappa shape index (κ1) is 22.0. The fraction of sp³-hybridized carbons (Fsp3) is 0.320. The summed E-state index contributed by atoms with van der Waals surface area (Å²) in [4.78, 5) is 45.0. The largest absolute Gasteiger partial charge is 0.342 e. The second-order valence-electron chi connectivity index (χ2n) is 8.47. The number of hydrogen-bond donors (Lipinski definition) is 0. The third-order valence-electron chi connectivity index (χ3n) is 6.29. The minimum atomic E-state index is -0.236. The predicted molar refractivity (Wildman–Crippen MR) is 132 cm³/mol. The Kier molecular flexibility index (Phi) is 5.88. The minimum Gasteiger partial charge on any atom is -0.342 e. The molecule has 0 aliphatic carbocycles. The average molecular weight is 480 g/mol. The fourth-order valence-corrected chi connectivity index (χ4v) is 6.96. The molecule has 2 aliphatic rings. The van der Waals surface area contributed by atoms with Crippen molar-refractivity contribution in [3.63, 3.8) is 0 Å². The number of carbonyl (C=O) groups is 2. The van der Waals surface area contributed by atoms with Crippen LogP contribution in [0, 0.1) is 13.8 Å². The lowest BCUT2D eigenvalue weighted by Crippen LogP contribution is -2.49. The summed E-state index contributed by atoms with van der Waals surface area (Å²) in [7, 11) is 0. The highest BCUT2D eigenvalue weighted by Gasteiger charge is 2.32. The van der Waals surface area contributed by atoms with E-state index in [1.807, 2.05) is 19.1 Å². The van der Waals surface area contributed by atoms with Gasteiger partial charge in [0.15, 0.2) is 5.43 Å². The average Bonchev–Trinajstić information content (AvgIpc) is 3.17. The number of pyridine rings is 1. The zero-order valence-electron chi connectivity index (χ0n) is 18.6. The number of rotatable bonds is 3. The molecule has 1 aromatic carbocycles. The number of fused-ring (bicyclic) bond motifs is 3. The van der Waals surface area contributed by atoms with Crippen LogP contribution in [0.3, 0.4) is 0 Å². The second kappa shape index (κ2) is 8.83. The van der Waals surface area contributed by atoms with E-state index in [1.165, 1.54) is 9.75 Å². The summed E-state index contributed by atoms with van der Waals surface area (Å²) in [5, 5.41) is 0.110. The molecule has 0 saturated carbocycles. The number of para-hydroxylation sites is 1. The molecular weight excluding hydrogens is 454 g/mol. The fourth-order valence-electron chi connectivity index (χ4n) is 4.64. The number of nitrogens with zero attached hydrogens (tertiary/aromatic N) is 3. The van der Waals surface area contributed by atoms with Gasteiger partial charge in [-0.3, -0.25) is 14.4 Å². The lowest BCUT2D eigenvalue weighted by Gasteiger charge is -2.33. The lowest BCUT2D eigenvalue weighted by molar-refractivity contribution is -0.119. The summed E-state index contributed by atoms with van der Waals surface area (Å²) in [6.07, 6.45) is 1.40. The number of amides is 2. The zero-order chi connectivity index (χ0) is 23.1. The van der Waals surface area contributed by atoms with Crippen molar-refractivity contribution in [2.45, 2.75) is 30.4 Å². The number of aromatic nitrogens is 1. The van der Waals surface area contributed by atoms with Crippen LogP contribution >= 0.6 is 23.1 Å². The Morgan fingerprint density at radius 3 is 2.52 bits per heavy atom. The Morgan fingerprint density at radius 2 is 1.82 bits per heavy atom. The van der Waals surface area contributed by atoms with Crippen LogP contribution in [0.5, 0.6) is 0 Å². The van der Waals surface area contributed by atoms with Crippen molar-refractivity contribution in [2.24, 2.45) is 0 Å². The molecule has 0 spiro atoms. The number of thioether (sulfide) groups is 1. The van der Waals surface area contributed by atoms with Gasteiger partial charge in [-0.25, -0.2) is 0 Å². The van der Waals surface area contributed by atoms with Crippen LogP contribution in [0.25, 0.3) is 5.69 Å². The van der Waals surface area contributed by atoms with Gasteiger partial charge in [0.05, 0.1) is 5.69 Å². The van der Waals surface area contributed by atoms with Crippen molar-refractivity contribution in [2.75, 3.05) is 26.2 Å². The van der Waals surface area contributed by atoms with Crippen LogP contribution in [0.4, 0.5) is 0 Å². The maximum atomic E-state index is 13.7. The second-order valence-corrected chi connectivity index (χ2v) is 11.0. The third kappa shape index (κ3) is 4.02. The maximum Gasteiger partial charge on any atom is 0.259 e. The van der Waals surface area contributed by atoms with Gasteiger partial charge in [-0.05, 0) is 38.1 Å². The number of hydrogen-bond acceptors (Lipinski definition) is 5. The number of aryl methyl sites for hydroxylation is 2. The topological polar surface area (TPSA) is 62.6 Å². The van der Waals surface area contributed by atoms with E-state index in [0.717, 1.165) is 28.4 Å². The van der Waals surface area contributed by atoms with Crippen molar-refractivity contribution in [1.29, 1.82) is 0 Å². The first-order valence-electron chi connectivity index (χ1n) is 11.0. The maximum absolute atomic E-state index is 13.7. The van der Waals surface area contributed by atoms with Crippen LogP contribution in [0.2, 0.25) is 0 Å². The Morgan fingerprint density at radius 1 is 1.06 bits per heavy atom. The molecule has 33 heavy (non-hydrogen) atoms. The molecule has 4 heterocycles. The van der Waals surface area contributed by atoms with Gasteiger partial charge in [-0.15, -0.1) is 23.1 Å². The molecule has 2 aromatic heterocycles. The van der Waals surface area contributed by atoms with Gasteiger partial charge in [0.2, 0.25) is 6.41 Å². The van der Waals surface area contributed by atoms with Crippen LogP contribution < -0.4 is 5.43 Å². The first-order valence-corrected chi connectivity index (χ1v) is 12.7. The van der Waals surface area contributed by atoms with E-state index in [0.29, 0.717) is 32.6 Å². The predicted octanol–water partition coefficient (Wildman–Crippen LogP) is 3.82. The Balaban J connectivity index is 1.66. The van der Waals surface area contributed by atoms with E-state index in [2.05, 4.69) is 35.8 Å². The molecule has 1 fully saturated rings. The zero-order valence-corrected chi connectivity index (χ0v) is 20.2. The molecule has 1 saturated heterocycles. The smallest absolute Gasteiger partial charge is 0.259 e. The van der Waals surface area contributed by atoms with Crippen LogP contribution in [0.1, 0.15) is 36.8 Å². The lowest BCUT2D eigenvalue weighted by atomic mass is 10.0. The quantitative estimate of drug-likeness (QED) is 0.536. The standard InChI is InChI=1S/C25H25N3O3S2/c1-16-13-20(30)24(25(31)27-11-9-26(15-29)10-12-27)19-14-23(22-8-7-17(2)32-22)33-21-6-4-3-5-18(21)28(16)19/h3-8,13,15,23H,9-12,14H2,1-2H3/t23-/m1/s1. The molecule has 3 aromatic rings. The van der Waals surface area contributed by atoms with Crippen molar-refractivity contribution in [3.8, 4) is 5.69 Å². The molecule has 1 atom stereocenters. The van der Waals surface area contributed by atoms with Gasteiger partial charge < -0.3 is 14.4 Å². The number of piperazine rings is 1. The Labute approximate surface area is 200 Å². The summed E-state index contributed by atoms with van der Waals surface area (Å²) in [5.74, 6) is -0.236. The van der Waals surface area contributed by atoms with Crippen LogP contribution in [0.15, 0.2) is 52.2 Å². The summed E-state index contributed by atoms with van der Waals surface area (Å²) >= 11 is 3.56. The van der Waals surface area contributed by atoms with E-state index < -0.39 is 0 Å². The van der Waals surface area contributed by atoms with Crippen molar-refractivity contribution >= 4 is 35.4 Å². The van der Waals surface area contributed by atoms with Crippen LogP contribution in [-0.2, 0) is 11.2 Å². The molecule has 0 N–H and O–H groups in total. The highest BCUT2D eigenvalue weighted by atomic mass is 32.2. The molecule has 0 unspecified atom stereocenters. The summed E-state index contributed by atoms with van der Waals surface area (Å²) in [6.45, 7) is 5.87. The minimum absolute atomic E-state index is 0.110. The number of thiophene rings is 1. The van der Waals surface area contributed by atoms with Crippen molar-refractivity contribution < 1.29 is 9.59 Å². The van der Waals surface area contributed by atoms with E-state index in [-0.39, 0.29) is 22.1 Å². The van der Waals surface area contributed by atoms with Crippen molar-refractivity contribution in [1.82, 2.24) is 14.4 Å². The number of benzene rings is 1. The molecule has 8 heteroatoms. The van der Waals surface area contributed by atoms with Gasteiger partial charge in [0.25, 0.3) is 5.91 Å². The normalized spacial score (nSPS) is 17.8. The van der Waals surface area contributed by atoms with Gasteiger partial charge in [0, 0.05) is 70.0 Å². The van der Waals surface area contributed by atoms with E-state index in [9.17, 15) is 14.4 Å². The highest BCUT2D eigenvalue weighted by Crippen LogP contribution is 2.46. The molecule has 0 radical (unpaired) electrons. The monoisotopic (exact) mass is 479 g/mol. The molecular formula is C25H25N3O3S2. The van der Waals surface area contributed by atoms with E-state index >= 15 is 0 Å². The summed E-state index contributed by atoms with van der Waals surface area (Å²) in [6, 6.07) is 14.1. The summed E-state index contributed by atoms with van der Waals surface area (Å²) < 4.78 is 2.10. The van der Waals surface area contributed by atoms with Crippen molar-refractivity contribution in [3.05, 3.63) is 79.4 Å². The van der Waals surface area contributed by atoms with Gasteiger partial charge >= 0.3 is 0 Å². The van der Waals surface area contributed by atoms with Gasteiger partial charge in [-0.2, -0.15) is 0 Å². The highest BCUT2D eigenvalue weighted by molar-refractivity contribution is 7.99. The van der Waals surface area contributed by atoms with Crippen LogP contribution in [-0.4, -0.2) is 52.9 Å². The molecule has 5 rings (SSSR count). The SMILES string of the molecule is Cc1ccc([C@H]2Cc3c(C(=O)N4CCN(C=O)CC4)c(=O)cc(C)n3-c3ccccc3S2)s1. The Bertz CT molecular complexity index is 1290. The van der Waals surface area contributed by atoms with E-state index in [1.54, 1.807) is 39.0 Å². The Hall–Kier alpha value is -2.84. The molecule has 6 nitrogen and oxygen atoms in total. The molecule has 170 valence electrons. The summed E-state index contributed by atoms with van der Waals surface area (Å²) in [5.41, 5.74) is 2.64. The van der Waals surface area contributed by atoms with Gasteiger partial charge in [-0.1, -0.05) is 12.1 Å². The third-order valence-corrected chi connectivity index (χ3v) is 8.86. The van der Waals surface area contributed by atoms with Gasteiger partial charge in [0.1, 0.15) is 5.56 Å².